The molecule has 0 spiro atoms. The molecule has 2 N–H and O–H groups in total. The molecule has 0 aliphatic heterocycles. The van der Waals surface area contributed by atoms with E-state index in [9.17, 15) is 5.11 Å². The van der Waals surface area contributed by atoms with Crippen molar-refractivity contribution in [1.29, 1.82) is 0 Å². The molecule has 0 aliphatic carbocycles. The summed E-state index contributed by atoms with van der Waals surface area (Å²) in [4.78, 5) is 4.58. The molecule has 0 bridgehead atoms. The predicted molar refractivity (Wildman–Crippen MR) is 74.5 cm³/mol. The van der Waals surface area contributed by atoms with E-state index in [1.807, 2.05) is 7.05 Å². The first-order valence-electron chi connectivity index (χ1n) is 6.56. The summed E-state index contributed by atoms with van der Waals surface area (Å²) in [5.41, 5.74) is -0.109. The Labute approximate surface area is 107 Å². The standard InChI is InChI=1S/C13H31N3O/c1-13(12-17,14-2)8-6-7-9-16(5)11-10-15(3)4/h14,17H,6-12H2,1-5H3. The molecule has 0 aromatic heterocycles. The minimum absolute atomic E-state index is 0.109. The molecule has 0 amide bonds. The summed E-state index contributed by atoms with van der Waals surface area (Å²) in [6, 6.07) is 0. The van der Waals surface area contributed by atoms with Crippen molar-refractivity contribution in [2.75, 3.05) is 54.4 Å². The zero-order chi connectivity index (χ0) is 13.3. The van der Waals surface area contributed by atoms with Gasteiger partial charge in [0.2, 0.25) is 0 Å². The third-order valence-corrected chi connectivity index (χ3v) is 3.40. The first-order chi connectivity index (χ1) is 7.93. The van der Waals surface area contributed by atoms with Gasteiger partial charge in [-0.15, -0.1) is 0 Å². The van der Waals surface area contributed by atoms with Crippen LogP contribution in [0.2, 0.25) is 0 Å². The molecule has 0 radical (unpaired) electrons. The lowest BCUT2D eigenvalue weighted by Crippen LogP contribution is -2.43. The Morgan fingerprint density at radius 1 is 1.06 bits per heavy atom. The lowest BCUT2D eigenvalue weighted by atomic mass is 9.96. The van der Waals surface area contributed by atoms with Gasteiger partial charge in [-0.1, -0.05) is 6.42 Å². The Morgan fingerprint density at radius 2 is 1.71 bits per heavy atom. The molecular weight excluding hydrogens is 214 g/mol. The fraction of sp³-hybridized carbons (Fsp3) is 1.00. The van der Waals surface area contributed by atoms with Gasteiger partial charge in [0.05, 0.1) is 6.61 Å². The topological polar surface area (TPSA) is 38.7 Å². The van der Waals surface area contributed by atoms with Gasteiger partial charge >= 0.3 is 0 Å². The second kappa shape index (κ2) is 8.86. The maximum Gasteiger partial charge on any atom is 0.0610 e. The van der Waals surface area contributed by atoms with Crippen LogP contribution in [0.5, 0.6) is 0 Å². The van der Waals surface area contributed by atoms with E-state index in [1.54, 1.807) is 0 Å². The highest BCUT2D eigenvalue weighted by molar-refractivity contribution is 4.80. The van der Waals surface area contributed by atoms with Crippen LogP contribution in [-0.4, -0.2) is 74.9 Å². The van der Waals surface area contributed by atoms with Gasteiger partial charge in [0.25, 0.3) is 0 Å². The summed E-state index contributed by atoms with van der Waals surface area (Å²) in [6.45, 7) is 5.65. The minimum atomic E-state index is -0.109. The van der Waals surface area contributed by atoms with Gasteiger partial charge in [-0.05, 0) is 54.5 Å². The van der Waals surface area contributed by atoms with Crippen molar-refractivity contribution in [1.82, 2.24) is 15.1 Å². The Hall–Kier alpha value is -0.160. The first kappa shape index (κ1) is 16.8. The van der Waals surface area contributed by atoms with Gasteiger partial charge in [0.15, 0.2) is 0 Å². The lowest BCUT2D eigenvalue weighted by Gasteiger charge is -2.27. The van der Waals surface area contributed by atoms with Crippen molar-refractivity contribution in [2.45, 2.75) is 31.7 Å². The van der Waals surface area contributed by atoms with E-state index in [4.69, 9.17) is 0 Å². The van der Waals surface area contributed by atoms with Crippen molar-refractivity contribution in [2.24, 2.45) is 0 Å². The summed E-state index contributed by atoms with van der Waals surface area (Å²) in [7, 11) is 8.30. The van der Waals surface area contributed by atoms with Crippen LogP contribution < -0.4 is 5.32 Å². The van der Waals surface area contributed by atoms with Crippen LogP contribution in [0.15, 0.2) is 0 Å². The van der Waals surface area contributed by atoms with Crippen LogP contribution in [0.3, 0.4) is 0 Å². The number of nitrogens with zero attached hydrogens (tertiary/aromatic N) is 2. The van der Waals surface area contributed by atoms with Crippen molar-refractivity contribution in [3.63, 3.8) is 0 Å². The quantitative estimate of drug-likeness (QED) is 0.554. The molecule has 0 saturated heterocycles. The number of nitrogens with one attached hydrogen (secondary N) is 1. The molecule has 104 valence electrons. The Kier molecular flexibility index (Phi) is 8.78. The third-order valence-electron chi connectivity index (χ3n) is 3.40. The van der Waals surface area contributed by atoms with Crippen LogP contribution in [0.1, 0.15) is 26.2 Å². The zero-order valence-electron chi connectivity index (χ0n) is 12.3. The summed E-state index contributed by atoms with van der Waals surface area (Å²) in [6.07, 6.45) is 3.38. The molecule has 1 unspecified atom stereocenters. The lowest BCUT2D eigenvalue weighted by molar-refractivity contribution is 0.169. The molecule has 0 fully saturated rings. The molecule has 4 nitrogen and oxygen atoms in total. The second-order valence-corrected chi connectivity index (χ2v) is 5.53. The summed E-state index contributed by atoms with van der Waals surface area (Å²) in [5, 5.41) is 12.4. The van der Waals surface area contributed by atoms with Gasteiger partial charge in [-0.25, -0.2) is 0 Å². The van der Waals surface area contributed by atoms with Gasteiger partial charge in [0, 0.05) is 18.6 Å². The number of aliphatic hydroxyl groups excluding tert-OH is 1. The zero-order valence-corrected chi connectivity index (χ0v) is 12.3. The third kappa shape index (κ3) is 8.55. The maximum atomic E-state index is 9.26. The largest absolute Gasteiger partial charge is 0.394 e. The fourth-order valence-corrected chi connectivity index (χ4v) is 1.66. The fourth-order valence-electron chi connectivity index (χ4n) is 1.66. The molecule has 1 atom stereocenters. The highest BCUT2D eigenvalue weighted by atomic mass is 16.3. The smallest absolute Gasteiger partial charge is 0.0610 e. The van der Waals surface area contributed by atoms with Crippen LogP contribution in [0.25, 0.3) is 0 Å². The van der Waals surface area contributed by atoms with E-state index < -0.39 is 0 Å². The molecule has 4 heteroatoms. The number of rotatable bonds is 10. The molecule has 0 aromatic carbocycles. The summed E-state index contributed by atoms with van der Waals surface area (Å²) in [5.74, 6) is 0. The summed E-state index contributed by atoms with van der Waals surface area (Å²) < 4.78 is 0. The minimum Gasteiger partial charge on any atom is -0.394 e. The van der Waals surface area contributed by atoms with E-state index in [0.717, 1.165) is 32.5 Å². The van der Waals surface area contributed by atoms with E-state index in [1.165, 1.54) is 6.42 Å². The molecule has 0 aromatic rings. The Balaban J connectivity index is 3.56. The van der Waals surface area contributed by atoms with E-state index in [-0.39, 0.29) is 12.1 Å². The van der Waals surface area contributed by atoms with Crippen LogP contribution in [0, 0.1) is 0 Å². The van der Waals surface area contributed by atoms with Crippen molar-refractivity contribution in [3.05, 3.63) is 0 Å². The number of hydrogen-bond donors (Lipinski definition) is 2. The van der Waals surface area contributed by atoms with Gasteiger partial charge in [-0.2, -0.15) is 0 Å². The van der Waals surface area contributed by atoms with Gasteiger partial charge in [-0.3, -0.25) is 0 Å². The second-order valence-electron chi connectivity index (χ2n) is 5.53. The molecule has 0 aliphatic rings. The molecule has 0 saturated carbocycles. The number of hydrogen-bond acceptors (Lipinski definition) is 4. The van der Waals surface area contributed by atoms with Gasteiger partial charge in [0.1, 0.15) is 0 Å². The van der Waals surface area contributed by atoms with Gasteiger partial charge < -0.3 is 20.2 Å². The van der Waals surface area contributed by atoms with Crippen molar-refractivity contribution in [3.8, 4) is 0 Å². The van der Waals surface area contributed by atoms with E-state index in [0.29, 0.717) is 0 Å². The number of unbranched alkanes of at least 4 members (excludes halogenated alkanes) is 1. The molecule has 0 heterocycles. The van der Waals surface area contributed by atoms with Crippen LogP contribution in [0.4, 0.5) is 0 Å². The number of aliphatic hydroxyl groups is 1. The normalized spacial score (nSPS) is 15.5. The number of likely N-dealkylation sites (N-methyl/N-ethyl adjacent to an activating group) is 3. The SMILES string of the molecule is CNC(C)(CO)CCCCN(C)CCN(C)C. The monoisotopic (exact) mass is 245 g/mol. The Bertz CT molecular complexity index is 182. The van der Waals surface area contributed by atoms with Crippen molar-refractivity contribution < 1.29 is 5.11 Å². The highest BCUT2D eigenvalue weighted by Gasteiger charge is 2.19. The highest BCUT2D eigenvalue weighted by Crippen LogP contribution is 2.12. The Morgan fingerprint density at radius 3 is 2.18 bits per heavy atom. The van der Waals surface area contributed by atoms with E-state index in [2.05, 4.69) is 43.2 Å². The van der Waals surface area contributed by atoms with E-state index >= 15 is 0 Å². The maximum absolute atomic E-state index is 9.26. The molecule has 17 heavy (non-hydrogen) atoms. The summed E-state index contributed by atoms with van der Waals surface area (Å²) >= 11 is 0. The molecular formula is C13H31N3O. The predicted octanol–water partition coefficient (Wildman–Crippen LogP) is 0.621. The van der Waals surface area contributed by atoms with Crippen LogP contribution >= 0.6 is 0 Å². The average Bonchev–Trinajstić information content (AvgIpc) is 2.31. The molecule has 0 rings (SSSR count). The first-order valence-corrected chi connectivity index (χ1v) is 6.56. The van der Waals surface area contributed by atoms with Crippen molar-refractivity contribution >= 4 is 0 Å². The van der Waals surface area contributed by atoms with Crippen LogP contribution in [-0.2, 0) is 0 Å². The average molecular weight is 245 g/mol.